The lowest BCUT2D eigenvalue weighted by Gasteiger charge is -2.16. The van der Waals surface area contributed by atoms with Gasteiger partial charge in [0.15, 0.2) is 14.7 Å². The van der Waals surface area contributed by atoms with Crippen molar-refractivity contribution in [2.24, 2.45) is 10.9 Å². The zero-order valence-electron chi connectivity index (χ0n) is 6.19. The summed E-state index contributed by atoms with van der Waals surface area (Å²) in [5, 5.41) is 0. The minimum atomic E-state index is -3.06. The van der Waals surface area contributed by atoms with E-state index in [0.29, 0.717) is 6.42 Å². The molecule has 0 spiro atoms. The maximum absolute atomic E-state index is 11.2. The highest BCUT2D eigenvalue weighted by molar-refractivity contribution is 7.92. The van der Waals surface area contributed by atoms with Crippen molar-refractivity contribution in [1.29, 1.82) is 0 Å². The fourth-order valence-corrected chi connectivity index (χ4v) is 2.61. The lowest BCUT2D eigenvalue weighted by Crippen LogP contribution is -2.29. The van der Waals surface area contributed by atoms with E-state index >= 15 is 0 Å². The Bertz CT molecular complexity index is 325. The van der Waals surface area contributed by atoms with Gasteiger partial charge in [-0.3, -0.25) is 4.99 Å². The van der Waals surface area contributed by atoms with Crippen LogP contribution in [0.1, 0.15) is 6.42 Å². The van der Waals surface area contributed by atoms with E-state index in [1.807, 2.05) is 6.08 Å². The SMILES string of the molecule is CS(=O)(=O)C12C=CC(C=N1)C2. The Hall–Kier alpha value is -0.640. The van der Waals surface area contributed by atoms with Crippen molar-refractivity contribution in [1.82, 2.24) is 0 Å². The third kappa shape index (κ3) is 0.788. The second kappa shape index (κ2) is 1.75. The Morgan fingerprint density at radius 1 is 1.64 bits per heavy atom. The van der Waals surface area contributed by atoms with Crippen LogP contribution in [0.15, 0.2) is 17.1 Å². The zero-order chi connectivity index (χ0) is 8.11. The van der Waals surface area contributed by atoms with Gasteiger partial charge in [0.05, 0.1) is 0 Å². The summed E-state index contributed by atoms with van der Waals surface area (Å²) in [6.07, 6.45) is 7.19. The van der Waals surface area contributed by atoms with Gasteiger partial charge in [0.2, 0.25) is 0 Å². The van der Waals surface area contributed by atoms with Gasteiger partial charge in [-0.2, -0.15) is 0 Å². The van der Waals surface area contributed by atoms with Crippen LogP contribution in [-0.4, -0.2) is 25.8 Å². The molecule has 0 aromatic heterocycles. The van der Waals surface area contributed by atoms with Crippen molar-refractivity contribution in [3.8, 4) is 0 Å². The van der Waals surface area contributed by atoms with E-state index in [2.05, 4.69) is 4.99 Å². The van der Waals surface area contributed by atoms with Gasteiger partial charge in [-0.25, -0.2) is 8.42 Å². The van der Waals surface area contributed by atoms with Gasteiger partial charge in [0.1, 0.15) is 0 Å². The number of allylic oxidation sites excluding steroid dienone is 1. The molecule has 3 nitrogen and oxygen atoms in total. The summed E-state index contributed by atoms with van der Waals surface area (Å²) in [6, 6.07) is 0. The largest absolute Gasteiger partial charge is 0.270 e. The topological polar surface area (TPSA) is 46.5 Å². The van der Waals surface area contributed by atoms with E-state index < -0.39 is 14.7 Å². The number of nitrogens with zero attached hydrogens (tertiary/aromatic N) is 1. The molecule has 60 valence electrons. The summed E-state index contributed by atoms with van der Waals surface area (Å²) >= 11 is 0. The predicted molar refractivity (Wildman–Crippen MR) is 43.3 cm³/mol. The van der Waals surface area contributed by atoms with Crippen molar-refractivity contribution >= 4 is 16.1 Å². The molecule has 2 bridgehead atoms. The molecule has 1 aliphatic heterocycles. The molecular weight excluding hydrogens is 162 g/mol. The zero-order valence-corrected chi connectivity index (χ0v) is 7.00. The summed E-state index contributed by atoms with van der Waals surface area (Å²) in [5.74, 6) is 0.254. The summed E-state index contributed by atoms with van der Waals surface area (Å²) in [6.45, 7) is 0. The van der Waals surface area contributed by atoms with E-state index in [9.17, 15) is 8.42 Å². The van der Waals surface area contributed by atoms with Crippen molar-refractivity contribution in [2.45, 2.75) is 11.3 Å². The van der Waals surface area contributed by atoms with Crippen LogP contribution in [-0.2, 0) is 9.84 Å². The third-order valence-electron chi connectivity index (χ3n) is 2.26. The Kier molecular flexibility index (Phi) is 1.12. The fraction of sp³-hybridized carbons (Fsp3) is 0.571. The van der Waals surface area contributed by atoms with Crippen LogP contribution in [0, 0.1) is 5.92 Å². The molecule has 2 aliphatic rings. The van der Waals surface area contributed by atoms with Gasteiger partial charge < -0.3 is 0 Å². The molecule has 0 saturated heterocycles. The van der Waals surface area contributed by atoms with Crippen LogP contribution in [0.2, 0.25) is 0 Å². The number of aliphatic imine (C=N–C) groups is 1. The molecule has 2 rings (SSSR count). The van der Waals surface area contributed by atoms with E-state index in [1.54, 1.807) is 12.3 Å². The van der Waals surface area contributed by atoms with Gasteiger partial charge in [0, 0.05) is 24.8 Å². The van der Waals surface area contributed by atoms with Crippen LogP contribution >= 0.6 is 0 Å². The van der Waals surface area contributed by atoms with Crippen LogP contribution in [0.4, 0.5) is 0 Å². The van der Waals surface area contributed by atoms with Crippen molar-refractivity contribution < 1.29 is 8.42 Å². The number of hydrogen-bond acceptors (Lipinski definition) is 3. The predicted octanol–water partition coefficient (Wildman–Crippen LogP) is 0.388. The first-order valence-corrected chi connectivity index (χ1v) is 5.37. The molecule has 2 unspecified atom stereocenters. The van der Waals surface area contributed by atoms with E-state index in [0.717, 1.165) is 0 Å². The summed E-state index contributed by atoms with van der Waals surface area (Å²) < 4.78 is 22.5. The molecule has 4 heteroatoms. The number of sulfone groups is 1. The van der Waals surface area contributed by atoms with Gasteiger partial charge >= 0.3 is 0 Å². The van der Waals surface area contributed by atoms with Crippen LogP contribution < -0.4 is 0 Å². The van der Waals surface area contributed by atoms with Gasteiger partial charge in [0.25, 0.3) is 0 Å². The Morgan fingerprint density at radius 3 is 2.55 bits per heavy atom. The Balaban J connectivity index is 2.54. The maximum atomic E-state index is 11.2. The van der Waals surface area contributed by atoms with E-state index in [1.165, 1.54) is 6.26 Å². The molecule has 2 atom stereocenters. The average molecular weight is 171 g/mol. The molecule has 0 aromatic rings. The molecule has 0 N–H and O–H groups in total. The fourth-order valence-electron chi connectivity index (χ4n) is 1.54. The lowest BCUT2D eigenvalue weighted by molar-refractivity contribution is 0.562. The first kappa shape index (κ1) is 7.03. The normalized spacial score (nSPS) is 40.3. The van der Waals surface area contributed by atoms with Gasteiger partial charge in [-0.15, -0.1) is 0 Å². The first-order valence-electron chi connectivity index (χ1n) is 3.48. The standard InChI is InChI=1S/C7H9NO2S/c1-11(9,10)7-3-2-6(4-7)5-8-7/h2-3,5-6H,4H2,1H3. The monoisotopic (exact) mass is 171 g/mol. The average Bonchev–Trinajstić information content (AvgIpc) is 2.42. The quantitative estimate of drug-likeness (QED) is 0.536. The minimum absolute atomic E-state index is 0.254. The van der Waals surface area contributed by atoms with Crippen LogP contribution in [0.5, 0.6) is 0 Å². The Morgan fingerprint density at radius 2 is 2.36 bits per heavy atom. The number of fused-ring (bicyclic) bond motifs is 2. The summed E-state index contributed by atoms with van der Waals surface area (Å²) in [7, 11) is -3.06. The van der Waals surface area contributed by atoms with Crippen molar-refractivity contribution in [3.63, 3.8) is 0 Å². The molecule has 0 radical (unpaired) electrons. The molecule has 0 fully saturated rings. The molecule has 1 heterocycles. The molecule has 0 aromatic carbocycles. The molecule has 0 amide bonds. The lowest BCUT2D eigenvalue weighted by atomic mass is 10.2. The van der Waals surface area contributed by atoms with Crippen molar-refractivity contribution in [2.75, 3.05) is 6.26 Å². The maximum Gasteiger partial charge on any atom is 0.179 e. The summed E-state index contributed by atoms with van der Waals surface area (Å²) in [4.78, 5) is 3.12. The first-order chi connectivity index (χ1) is 5.04. The van der Waals surface area contributed by atoms with Crippen molar-refractivity contribution in [3.05, 3.63) is 12.2 Å². The van der Waals surface area contributed by atoms with E-state index in [4.69, 9.17) is 0 Å². The van der Waals surface area contributed by atoms with Crippen LogP contribution in [0.3, 0.4) is 0 Å². The molecule has 11 heavy (non-hydrogen) atoms. The second-order valence-corrected chi connectivity index (χ2v) is 5.37. The Labute approximate surface area is 65.7 Å². The highest BCUT2D eigenvalue weighted by atomic mass is 32.2. The molecule has 1 aliphatic carbocycles. The second-order valence-electron chi connectivity index (χ2n) is 3.12. The number of rotatable bonds is 1. The number of hydrogen-bond donors (Lipinski definition) is 0. The molecular formula is C7H9NO2S. The highest BCUT2D eigenvalue weighted by Gasteiger charge is 2.46. The van der Waals surface area contributed by atoms with E-state index in [-0.39, 0.29) is 5.92 Å². The molecule has 0 saturated carbocycles. The van der Waals surface area contributed by atoms with Crippen LogP contribution in [0.25, 0.3) is 0 Å². The van der Waals surface area contributed by atoms with Gasteiger partial charge in [-0.1, -0.05) is 6.08 Å². The van der Waals surface area contributed by atoms with Gasteiger partial charge in [-0.05, 0) is 6.08 Å². The third-order valence-corrected chi connectivity index (χ3v) is 3.95. The smallest absolute Gasteiger partial charge is 0.179 e. The highest BCUT2D eigenvalue weighted by Crippen LogP contribution is 2.39. The summed E-state index contributed by atoms with van der Waals surface area (Å²) in [5.41, 5.74) is 0. The minimum Gasteiger partial charge on any atom is -0.270 e. The number of dihydropyridines is 1.